The van der Waals surface area contributed by atoms with Gasteiger partial charge in [0.2, 0.25) is 5.90 Å². The average Bonchev–Trinajstić information content (AvgIpc) is 3.19. The molecule has 0 unspecified atom stereocenters. The second-order valence-electron chi connectivity index (χ2n) is 7.42. The maximum atomic E-state index is 13.1. The highest BCUT2D eigenvalue weighted by molar-refractivity contribution is 6.13. The van der Waals surface area contributed by atoms with Crippen LogP contribution in [-0.4, -0.2) is 23.9 Å². The third kappa shape index (κ3) is 4.93. The van der Waals surface area contributed by atoms with Crippen LogP contribution in [0, 0.1) is 22.9 Å². The van der Waals surface area contributed by atoms with Crippen LogP contribution in [0.3, 0.4) is 0 Å². The number of carbonyl (C=O) groups excluding carboxylic acids is 1. The number of carbonyl (C=O) groups is 1. The van der Waals surface area contributed by atoms with Crippen LogP contribution in [0.1, 0.15) is 22.3 Å². The van der Waals surface area contributed by atoms with Gasteiger partial charge >= 0.3 is 5.97 Å². The van der Waals surface area contributed by atoms with Crippen LogP contribution < -0.4 is 9.47 Å². The molecule has 0 spiro atoms. The van der Waals surface area contributed by atoms with E-state index in [-0.39, 0.29) is 29.7 Å². The van der Waals surface area contributed by atoms with Gasteiger partial charge in [-0.2, -0.15) is 0 Å². The number of ether oxygens (including phenoxy) is 3. The summed E-state index contributed by atoms with van der Waals surface area (Å²) in [5.74, 6) is -0.102. The van der Waals surface area contributed by atoms with Crippen molar-refractivity contribution < 1.29 is 28.3 Å². The van der Waals surface area contributed by atoms with Crippen LogP contribution in [0.15, 0.2) is 71.4 Å². The number of methoxy groups -OCH3 is 1. The summed E-state index contributed by atoms with van der Waals surface area (Å²) in [6.45, 7) is 1.84. The zero-order chi connectivity index (χ0) is 24.2. The van der Waals surface area contributed by atoms with E-state index in [1.54, 1.807) is 49.4 Å². The first-order valence-corrected chi connectivity index (χ1v) is 10.2. The Labute approximate surface area is 194 Å². The van der Waals surface area contributed by atoms with Crippen LogP contribution >= 0.6 is 0 Å². The lowest BCUT2D eigenvalue weighted by Crippen LogP contribution is -2.06. The predicted octanol–water partition coefficient (Wildman–Crippen LogP) is 4.97. The van der Waals surface area contributed by atoms with Crippen molar-refractivity contribution in [2.75, 3.05) is 7.11 Å². The molecule has 0 aromatic heterocycles. The monoisotopic (exact) mass is 462 g/mol. The molecule has 0 bridgehead atoms. The largest absolute Gasteiger partial charge is 0.493 e. The summed E-state index contributed by atoms with van der Waals surface area (Å²) < 4.78 is 29.4. The topological polar surface area (TPSA) is 100 Å². The number of halogens is 1. The molecular weight excluding hydrogens is 443 g/mol. The van der Waals surface area contributed by atoms with Crippen molar-refractivity contribution >= 4 is 23.6 Å². The van der Waals surface area contributed by atoms with E-state index < -0.39 is 10.9 Å². The summed E-state index contributed by atoms with van der Waals surface area (Å²) in [6.07, 6.45) is 1.52. The summed E-state index contributed by atoms with van der Waals surface area (Å²) in [5.41, 5.74) is 2.17. The molecule has 172 valence electrons. The number of hydrogen-bond acceptors (Lipinski definition) is 7. The SMILES string of the molecule is COc1cc(C=C2N=C(c3ccc(C)c([N+](=O)[O-])c3)OC2=O)ccc1OCc1ccc(F)cc1. The number of aliphatic imine (C=N–C) groups is 1. The minimum absolute atomic E-state index is 0.00873. The molecule has 0 fully saturated rings. The molecule has 0 N–H and O–H groups in total. The van der Waals surface area contributed by atoms with Crippen LogP contribution in [0.4, 0.5) is 10.1 Å². The first kappa shape index (κ1) is 22.7. The molecule has 0 saturated heterocycles. The van der Waals surface area contributed by atoms with Crippen molar-refractivity contribution in [3.63, 3.8) is 0 Å². The number of cyclic esters (lactones) is 1. The Balaban J connectivity index is 1.55. The summed E-state index contributed by atoms with van der Waals surface area (Å²) in [7, 11) is 1.49. The Hall–Kier alpha value is -4.53. The Bertz CT molecular complexity index is 1330. The van der Waals surface area contributed by atoms with E-state index in [9.17, 15) is 19.3 Å². The fourth-order valence-corrected chi connectivity index (χ4v) is 3.26. The predicted molar refractivity (Wildman–Crippen MR) is 122 cm³/mol. The molecule has 0 atom stereocenters. The molecule has 9 heteroatoms. The molecule has 8 nitrogen and oxygen atoms in total. The van der Waals surface area contributed by atoms with E-state index in [0.29, 0.717) is 28.2 Å². The van der Waals surface area contributed by atoms with Gasteiger partial charge in [-0.1, -0.05) is 24.3 Å². The van der Waals surface area contributed by atoms with Crippen molar-refractivity contribution in [2.24, 2.45) is 4.99 Å². The standard InChI is InChI=1S/C25H19FN2O6/c1-15-3-7-18(13-21(15)28(30)31)24-27-20(25(29)34-24)11-17-6-10-22(23(12-17)32-2)33-14-16-4-8-19(26)9-5-16/h3-13H,14H2,1-2H3. The van der Waals surface area contributed by atoms with Gasteiger partial charge in [0, 0.05) is 17.2 Å². The molecule has 4 rings (SSSR count). The van der Waals surface area contributed by atoms with Crippen LogP contribution in [0.2, 0.25) is 0 Å². The second-order valence-corrected chi connectivity index (χ2v) is 7.42. The molecule has 3 aromatic carbocycles. The molecule has 1 aliphatic rings. The first-order valence-electron chi connectivity index (χ1n) is 10.2. The van der Waals surface area contributed by atoms with Crippen molar-refractivity contribution in [3.05, 3.63) is 105 Å². The van der Waals surface area contributed by atoms with Crippen molar-refractivity contribution in [1.29, 1.82) is 0 Å². The van der Waals surface area contributed by atoms with E-state index in [2.05, 4.69) is 4.99 Å². The Morgan fingerprint density at radius 2 is 1.85 bits per heavy atom. The van der Waals surface area contributed by atoms with Gasteiger partial charge in [-0.15, -0.1) is 0 Å². The number of benzene rings is 3. The van der Waals surface area contributed by atoms with Crippen molar-refractivity contribution in [3.8, 4) is 11.5 Å². The van der Waals surface area contributed by atoms with E-state index in [4.69, 9.17) is 14.2 Å². The zero-order valence-corrected chi connectivity index (χ0v) is 18.3. The number of nitro benzene ring substituents is 1. The molecule has 1 heterocycles. The molecule has 0 amide bonds. The van der Waals surface area contributed by atoms with Crippen molar-refractivity contribution in [1.82, 2.24) is 0 Å². The summed E-state index contributed by atoms with van der Waals surface area (Å²) in [5, 5.41) is 11.2. The van der Waals surface area contributed by atoms with Crippen LogP contribution in [-0.2, 0) is 16.1 Å². The van der Waals surface area contributed by atoms with E-state index in [0.717, 1.165) is 5.56 Å². The Kier molecular flexibility index (Phi) is 6.35. The van der Waals surface area contributed by atoms with Crippen LogP contribution in [0.5, 0.6) is 11.5 Å². The number of nitrogens with zero attached hydrogens (tertiary/aromatic N) is 2. The number of aryl methyl sites for hydroxylation is 1. The molecule has 3 aromatic rings. The Morgan fingerprint density at radius 1 is 1.09 bits per heavy atom. The number of nitro groups is 1. The number of rotatable bonds is 7. The van der Waals surface area contributed by atoms with Gasteiger partial charge in [-0.3, -0.25) is 10.1 Å². The number of hydrogen-bond donors (Lipinski definition) is 0. The average molecular weight is 462 g/mol. The zero-order valence-electron chi connectivity index (χ0n) is 18.3. The summed E-state index contributed by atoms with van der Waals surface area (Å²) in [4.78, 5) is 27.2. The fraction of sp³-hybridized carbons (Fsp3) is 0.120. The molecule has 1 aliphatic heterocycles. The fourth-order valence-electron chi connectivity index (χ4n) is 3.26. The quantitative estimate of drug-likeness (QED) is 0.213. The third-order valence-corrected chi connectivity index (χ3v) is 5.07. The minimum Gasteiger partial charge on any atom is -0.493 e. The maximum absolute atomic E-state index is 13.1. The second kappa shape index (κ2) is 9.53. The molecule has 0 radical (unpaired) electrons. The van der Waals surface area contributed by atoms with Gasteiger partial charge < -0.3 is 14.2 Å². The van der Waals surface area contributed by atoms with E-state index >= 15 is 0 Å². The van der Waals surface area contributed by atoms with Gasteiger partial charge in [0.25, 0.3) is 5.69 Å². The number of esters is 1. The smallest absolute Gasteiger partial charge is 0.363 e. The van der Waals surface area contributed by atoms with E-state index in [1.165, 1.54) is 31.4 Å². The highest BCUT2D eigenvalue weighted by Gasteiger charge is 2.26. The summed E-state index contributed by atoms with van der Waals surface area (Å²) >= 11 is 0. The first-order chi connectivity index (χ1) is 16.3. The minimum atomic E-state index is -0.672. The normalized spacial score (nSPS) is 14.0. The van der Waals surface area contributed by atoms with Crippen LogP contribution in [0.25, 0.3) is 6.08 Å². The molecular formula is C25H19FN2O6. The van der Waals surface area contributed by atoms with Crippen molar-refractivity contribution in [2.45, 2.75) is 13.5 Å². The highest BCUT2D eigenvalue weighted by atomic mass is 19.1. The lowest BCUT2D eigenvalue weighted by Gasteiger charge is -2.11. The Morgan fingerprint density at radius 3 is 2.56 bits per heavy atom. The highest BCUT2D eigenvalue weighted by Crippen LogP contribution is 2.31. The van der Waals surface area contributed by atoms with Gasteiger partial charge in [0.1, 0.15) is 12.4 Å². The van der Waals surface area contributed by atoms with Gasteiger partial charge in [0.15, 0.2) is 17.2 Å². The summed E-state index contributed by atoms with van der Waals surface area (Å²) in [6, 6.07) is 15.5. The lowest BCUT2D eigenvalue weighted by atomic mass is 10.1. The maximum Gasteiger partial charge on any atom is 0.363 e. The molecule has 0 saturated carbocycles. The molecule has 0 aliphatic carbocycles. The van der Waals surface area contributed by atoms with Gasteiger partial charge in [-0.05, 0) is 54.5 Å². The third-order valence-electron chi connectivity index (χ3n) is 5.07. The lowest BCUT2D eigenvalue weighted by molar-refractivity contribution is -0.385. The van der Waals surface area contributed by atoms with Gasteiger partial charge in [0.05, 0.1) is 12.0 Å². The van der Waals surface area contributed by atoms with E-state index in [1.807, 2.05) is 0 Å². The molecule has 34 heavy (non-hydrogen) atoms. The van der Waals surface area contributed by atoms with Gasteiger partial charge in [-0.25, -0.2) is 14.2 Å².